The van der Waals surface area contributed by atoms with Crippen molar-refractivity contribution in [1.29, 1.82) is 0 Å². The zero-order valence-corrected chi connectivity index (χ0v) is 13.9. The molecule has 0 aliphatic rings. The Morgan fingerprint density at radius 1 is 1.47 bits per heavy atom. The maximum absolute atomic E-state index is 5.46. The molecule has 1 unspecified atom stereocenters. The quantitative estimate of drug-likeness (QED) is 0.901. The minimum Gasteiger partial charge on any atom is -0.493 e. The van der Waals surface area contributed by atoms with Gasteiger partial charge in [0.05, 0.1) is 23.1 Å². The Bertz CT molecular complexity index is 550. The molecule has 4 nitrogen and oxygen atoms in total. The largest absolute Gasteiger partial charge is 0.493 e. The van der Waals surface area contributed by atoms with Gasteiger partial charge in [0, 0.05) is 6.04 Å². The Labute approximate surface area is 125 Å². The first kappa shape index (κ1) is 14.6. The van der Waals surface area contributed by atoms with Crippen LogP contribution in [-0.4, -0.2) is 23.9 Å². The fourth-order valence-electron chi connectivity index (χ4n) is 2.14. The summed E-state index contributed by atoms with van der Waals surface area (Å²) in [6.07, 6.45) is 1.78. The van der Waals surface area contributed by atoms with Crippen molar-refractivity contribution < 1.29 is 4.74 Å². The maximum atomic E-state index is 5.46. The van der Waals surface area contributed by atoms with Crippen LogP contribution in [-0.2, 0) is 0 Å². The van der Waals surface area contributed by atoms with Crippen molar-refractivity contribution >= 4 is 27.3 Å². The number of methoxy groups -OCH3 is 1. The van der Waals surface area contributed by atoms with Gasteiger partial charge >= 0.3 is 0 Å². The van der Waals surface area contributed by atoms with Crippen molar-refractivity contribution in [1.82, 2.24) is 15.1 Å². The van der Waals surface area contributed by atoms with Crippen LogP contribution in [0.5, 0.6) is 5.75 Å². The molecular weight excluding hydrogens is 326 g/mol. The summed E-state index contributed by atoms with van der Waals surface area (Å²) in [5.74, 6) is 0.815. The van der Waals surface area contributed by atoms with Crippen LogP contribution < -0.4 is 10.1 Å². The van der Waals surface area contributed by atoms with E-state index in [1.165, 1.54) is 5.56 Å². The van der Waals surface area contributed by atoms with Crippen LogP contribution in [0.1, 0.15) is 37.2 Å². The molecule has 0 aliphatic heterocycles. The second kappa shape index (κ2) is 6.07. The second-order valence-corrected chi connectivity index (χ2v) is 6.83. The third kappa shape index (κ3) is 2.85. The second-order valence-electron chi connectivity index (χ2n) is 4.54. The Balaban J connectivity index is 2.50. The summed E-state index contributed by atoms with van der Waals surface area (Å²) in [6, 6.07) is 2.49. The van der Waals surface area contributed by atoms with E-state index in [0.29, 0.717) is 0 Å². The predicted molar refractivity (Wildman–Crippen MR) is 82.1 cm³/mol. The number of nitrogens with one attached hydrogen (secondary N) is 1. The molecule has 0 saturated carbocycles. The van der Waals surface area contributed by atoms with Gasteiger partial charge in [-0.2, -0.15) is 5.10 Å². The van der Waals surface area contributed by atoms with E-state index in [0.717, 1.165) is 15.2 Å². The number of rotatable bonds is 5. The van der Waals surface area contributed by atoms with Gasteiger partial charge in [0.25, 0.3) is 0 Å². The van der Waals surface area contributed by atoms with E-state index in [-0.39, 0.29) is 12.1 Å². The molecule has 2 aromatic rings. The highest BCUT2D eigenvalue weighted by Crippen LogP contribution is 2.34. The maximum Gasteiger partial charge on any atom is 0.161 e. The zero-order chi connectivity index (χ0) is 14.0. The fourth-order valence-corrected chi connectivity index (χ4v) is 3.34. The monoisotopic (exact) mass is 343 g/mol. The topological polar surface area (TPSA) is 39.1 Å². The first-order valence-electron chi connectivity index (χ1n) is 6.11. The molecule has 19 heavy (non-hydrogen) atoms. The van der Waals surface area contributed by atoms with Gasteiger partial charge in [-0.15, -0.1) is 11.3 Å². The van der Waals surface area contributed by atoms with Crippen LogP contribution in [0.15, 0.2) is 21.4 Å². The minimum atomic E-state index is 0.0717. The van der Waals surface area contributed by atoms with Crippen LogP contribution in [0.2, 0.25) is 0 Å². The van der Waals surface area contributed by atoms with Gasteiger partial charge in [0.1, 0.15) is 5.69 Å². The molecule has 0 amide bonds. The van der Waals surface area contributed by atoms with Crippen molar-refractivity contribution in [2.75, 3.05) is 14.2 Å². The Morgan fingerprint density at radius 3 is 2.68 bits per heavy atom. The standard InChI is InChI=1S/C13H18BrN3OS/c1-8(2)17-13(10(18-4)6-16-17)12(15-3)9-5-11(14)19-7-9/h5-8,12,15H,1-4H3. The van der Waals surface area contributed by atoms with Gasteiger partial charge in [-0.25, -0.2) is 0 Å². The summed E-state index contributed by atoms with van der Waals surface area (Å²) >= 11 is 5.19. The van der Waals surface area contributed by atoms with Crippen molar-refractivity contribution in [2.24, 2.45) is 0 Å². The molecule has 1 N–H and O–H groups in total. The van der Waals surface area contributed by atoms with Crippen LogP contribution in [0.3, 0.4) is 0 Å². The molecule has 0 aliphatic carbocycles. The first-order valence-corrected chi connectivity index (χ1v) is 7.78. The van der Waals surface area contributed by atoms with Crippen LogP contribution >= 0.6 is 27.3 Å². The van der Waals surface area contributed by atoms with Crippen molar-refractivity contribution in [2.45, 2.75) is 25.9 Å². The lowest BCUT2D eigenvalue weighted by molar-refractivity contribution is 0.396. The zero-order valence-electron chi connectivity index (χ0n) is 11.5. The number of ether oxygens (including phenoxy) is 1. The first-order chi connectivity index (χ1) is 9.08. The van der Waals surface area contributed by atoms with Crippen LogP contribution in [0.25, 0.3) is 0 Å². The molecule has 0 radical (unpaired) electrons. The molecule has 1 atom stereocenters. The van der Waals surface area contributed by atoms with E-state index in [4.69, 9.17) is 4.74 Å². The molecule has 2 heterocycles. The van der Waals surface area contributed by atoms with E-state index in [1.54, 1.807) is 24.6 Å². The highest BCUT2D eigenvalue weighted by molar-refractivity contribution is 9.11. The molecule has 0 saturated heterocycles. The van der Waals surface area contributed by atoms with E-state index >= 15 is 0 Å². The van der Waals surface area contributed by atoms with Gasteiger partial charge < -0.3 is 10.1 Å². The molecule has 0 bridgehead atoms. The van der Waals surface area contributed by atoms with Crippen LogP contribution in [0, 0.1) is 0 Å². The molecule has 0 spiro atoms. The van der Waals surface area contributed by atoms with Gasteiger partial charge in [-0.05, 0) is 53.8 Å². The Hall–Kier alpha value is -0.850. The molecular formula is C13H18BrN3OS. The van der Waals surface area contributed by atoms with Crippen molar-refractivity contribution in [3.05, 3.63) is 32.7 Å². The Morgan fingerprint density at radius 2 is 2.21 bits per heavy atom. The summed E-state index contributed by atoms with van der Waals surface area (Å²) in [5, 5.41) is 9.92. The average molecular weight is 344 g/mol. The molecule has 0 aromatic carbocycles. The molecule has 104 valence electrons. The summed E-state index contributed by atoms with van der Waals surface area (Å²) in [4.78, 5) is 0. The van der Waals surface area contributed by atoms with Gasteiger partial charge in [0.2, 0.25) is 0 Å². The highest BCUT2D eigenvalue weighted by Gasteiger charge is 2.24. The van der Waals surface area contributed by atoms with E-state index < -0.39 is 0 Å². The number of hydrogen-bond acceptors (Lipinski definition) is 4. The third-order valence-electron chi connectivity index (χ3n) is 2.99. The molecule has 2 aromatic heterocycles. The van der Waals surface area contributed by atoms with Crippen LogP contribution in [0.4, 0.5) is 0 Å². The lowest BCUT2D eigenvalue weighted by Crippen LogP contribution is -2.22. The van der Waals surface area contributed by atoms with Crippen molar-refractivity contribution in [3.8, 4) is 5.75 Å². The lowest BCUT2D eigenvalue weighted by Gasteiger charge is -2.20. The number of nitrogens with zero attached hydrogens (tertiary/aromatic N) is 2. The molecule has 2 rings (SSSR count). The summed E-state index contributed by atoms with van der Waals surface area (Å²) in [6.45, 7) is 4.23. The number of halogens is 1. The van der Waals surface area contributed by atoms with Gasteiger partial charge in [-0.1, -0.05) is 0 Å². The molecule has 0 fully saturated rings. The molecule has 6 heteroatoms. The smallest absolute Gasteiger partial charge is 0.161 e. The summed E-state index contributed by atoms with van der Waals surface area (Å²) in [7, 11) is 3.63. The van der Waals surface area contributed by atoms with E-state index in [9.17, 15) is 0 Å². The third-order valence-corrected chi connectivity index (χ3v) is 4.51. The number of thiophene rings is 1. The summed E-state index contributed by atoms with van der Waals surface area (Å²) in [5.41, 5.74) is 2.27. The van der Waals surface area contributed by atoms with Crippen molar-refractivity contribution in [3.63, 3.8) is 0 Å². The highest BCUT2D eigenvalue weighted by atomic mass is 79.9. The normalized spacial score (nSPS) is 12.9. The fraction of sp³-hybridized carbons (Fsp3) is 0.462. The summed E-state index contributed by atoms with van der Waals surface area (Å²) < 4.78 is 8.58. The lowest BCUT2D eigenvalue weighted by atomic mass is 10.1. The minimum absolute atomic E-state index is 0.0717. The SMILES string of the molecule is CNC(c1csc(Br)c1)c1c(OC)cnn1C(C)C. The number of hydrogen-bond donors (Lipinski definition) is 1. The van der Waals surface area contributed by atoms with Gasteiger partial charge in [-0.3, -0.25) is 4.68 Å². The Kier molecular flexibility index (Phi) is 4.65. The van der Waals surface area contributed by atoms with E-state index in [2.05, 4.69) is 51.6 Å². The van der Waals surface area contributed by atoms with E-state index in [1.807, 2.05) is 11.7 Å². The van der Waals surface area contributed by atoms with Gasteiger partial charge in [0.15, 0.2) is 5.75 Å². The predicted octanol–water partition coefficient (Wildman–Crippen LogP) is 3.61. The average Bonchev–Trinajstić information content (AvgIpc) is 2.97. The number of aromatic nitrogens is 2.